The fourth-order valence-electron chi connectivity index (χ4n) is 0.589. The molecule has 0 fully saturated rings. The molecule has 0 amide bonds. The number of aliphatic hydroxyl groups excluding tert-OH is 2. The first kappa shape index (κ1) is 10.8. The van der Waals surface area contributed by atoms with E-state index in [1.807, 2.05) is 0 Å². The van der Waals surface area contributed by atoms with Crippen molar-refractivity contribution in [3.05, 3.63) is 0 Å². The lowest BCUT2D eigenvalue weighted by Crippen LogP contribution is -2.40. The molecule has 0 aromatic rings. The fraction of sp³-hybridized carbons (Fsp3) is 1.00. The van der Waals surface area contributed by atoms with Gasteiger partial charge in [-0.2, -0.15) is 12.7 Å². The normalized spacial score (nSPS) is 12.4. The van der Waals surface area contributed by atoms with Crippen LogP contribution in [0.2, 0.25) is 0 Å². The van der Waals surface area contributed by atoms with E-state index in [1.165, 1.54) is 0 Å². The molecular formula is C4H12N2O4S. The van der Waals surface area contributed by atoms with E-state index in [9.17, 15) is 8.42 Å². The zero-order valence-electron chi connectivity index (χ0n) is 5.97. The Labute approximate surface area is 65.4 Å². The second-order valence-electron chi connectivity index (χ2n) is 1.89. The van der Waals surface area contributed by atoms with Crippen molar-refractivity contribution in [3.63, 3.8) is 0 Å². The first-order valence-corrected chi connectivity index (χ1v) is 4.52. The minimum atomic E-state index is -3.78. The molecule has 0 spiro atoms. The van der Waals surface area contributed by atoms with Crippen LogP contribution in [0, 0.1) is 0 Å². The third-order valence-electron chi connectivity index (χ3n) is 1.06. The Morgan fingerprint density at radius 1 is 1.18 bits per heavy atom. The third kappa shape index (κ3) is 4.27. The molecule has 11 heavy (non-hydrogen) atoms. The molecule has 0 atom stereocenters. The van der Waals surface area contributed by atoms with Gasteiger partial charge in [-0.25, -0.2) is 5.14 Å². The lowest BCUT2D eigenvalue weighted by Gasteiger charge is -2.15. The van der Waals surface area contributed by atoms with Gasteiger partial charge in [0.2, 0.25) is 0 Å². The van der Waals surface area contributed by atoms with Crippen molar-refractivity contribution >= 4 is 10.2 Å². The van der Waals surface area contributed by atoms with Gasteiger partial charge in [0.25, 0.3) is 10.2 Å². The van der Waals surface area contributed by atoms with Crippen LogP contribution in [0.4, 0.5) is 0 Å². The lowest BCUT2D eigenvalue weighted by molar-refractivity contribution is 0.217. The first-order valence-electron chi connectivity index (χ1n) is 3.02. The molecule has 0 aliphatic rings. The van der Waals surface area contributed by atoms with Gasteiger partial charge in [-0.05, 0) is 0 Å². The highest BCUT2D eigenvalue weighted by atomic mass is 32.2. The monoisotopic (exact) mass is 184 g/mol. The zero-order valence-corrected chi connectivity index (χ0v) is 6.79. The predicted octanol–water partition coefficient (Wildman–Crippen LogP) is -2.52. The summed E-state index contributed by atoms with van der Waals surface area (Å²) in [5, 5.41) is 21.5. The van der Waals surface area contributed by atoms with Crippen LogP contribution in [0.15, 0.2) is 0 Å². The van der Waals surface area contributed by atoms with E-state index < -0.39 is 10.2 Å². The molecule has 0 aromatic heterocycles. The highest BCUT2D eigenvalue weighted by Crippen LogP contribution is 1.91. The number of rotatable bonds is 5. The van der Waals surface area contributed by atoms with Crippen molar-refractivity contribution in [3.8, 4) is 0 Å². The number of aliphatic hydroxyl groups is 2. The molecule has 0 rings (SSSR count). The van der Waals surface area contributed by atoms with Crippen molar-refractivity contribution < 1.29 is 18.6 Å². The average Bonchev–Trinajstić information content (AvgIpc) is 1.85. The fourth-order valence-corrected chi connectivity index (χ4v) is 1.26. The quantitative estimate of drug-likeness (QED) is 0.438. The molecule has 0 saturated heterocycles. The Balaban J connectivity index is 4.11. The van der Waals surface area contributed by atoms with E-state index in [1.54, 1.807) is 0 Å². The molecule has 7 heteroatoms. The maximum absolute atomic E-state index is 10.6. The van der Waals surface area contributed by atoms with Gasteiger partial charge in [0.1, 0.15) is 0 Å². The third-order valence-corrected chi connectivity index (χ3v) is 2.14. The van der Waals surface area contributed by atoms with Crippen LogP contribution in [0.5, 0.6) is 0 Å². The van der Waals surface area contributed by atoms with E-state index in [-0.39, 0.29) is 26.3 Å². The summed E-state index contributed by atoms with van der Waals surface area (Å²) in [4.78, 5) is 0. The number of nitrogens with zero attached hydrogens (tertiary/aromatic N) is 1. The lowest BCUT2D eigenvalue weighted by atomic mass is 10.6. The molecular weight excluding hydrogens is 172 g/mol. The molecule has 6 nitrogen and oxygen atoms in total. The van der Waals surface area contributed by atoms with E-state index in [0.29, 0.717) is 0 Å². The summed E-state index contributed by atoms with van der Waals surface area (Å²) in [7, 11) is -3.78. The smallest absolute Gasteiger partial charge is 0.277 e. The average molecular weight is 184 g/mol. The topological polar surface area (TPSA) is 104 Å². The standard InChI is InChI=1S/C4H12N2O4S/c5-11(9,10)6(1-3-7)2-4-8/h7-8H,1-4H2,(H2,5,9,10). The molecule has 0 heterocycles. The summed E-state index contributed by atoms with van der Waals surface area (Å²) in [6.07, 6.45) is 0. The Morgan fingerprint density at radius 3 is 1.73 bits per heavy atom. The molecule has 0 unspecified atom stereocenters. The van der Waals surface area contributed by atoms with Gasteiger partial charge in [-0.1, -0.05) is 0 Å². The van der Waals surface area contributed by atoms with E-state index in [4.69, 9.17) is 15.4 Å². The van der Waals surface area contributed by atoms with Crippen LogP contribution in [0.3, 0.4) is 0 Å². The van der Waals surface area contributed by atoms with Crippen LogP contribution in [0.1, 0.15) is 0 Å². The maximum Gasteiger partial charge on any atom is 0.277 e. The van der Waals surface area contributed by atoms with Crippen LogP contribution in [-0.4, -0.2) is 49.2 Å². The van der Waals surface area contributed by atoms with Gasteiger partial charge < -0.3 is 10.2 Å². The van der Waals surface area contributed by atoms with Crippen molar-refractivity contribution in [2.45, 2.75) is 0 Å². The highest BCUT2D eigenvalue weighted by molar-refractivity contribution is 7.86. The molecule has 0 bridgehead atoms. The van der Waals surface area contributed by atoms with Crippen LogP contribution < -0.4 is 5.14 Å². The van der Waals surface area contributed by atoms with E-state index in [0.717, 1.165) is 4.31 Å². The Hall–Kier alpha value is -0.210. The van der Waals surface area contributed by atoms with Gasteiger partial charge >= 0.3 is 0 Å². The zero-order chi connectivity index (χ0) is 8.91. The van der Waals surface area contributed by atoms with Crippen molar-refractivity contribution in [1.82, 2.24) is 4.31 Å². The maximum atomic E-state index is 10.6. The number of hydrogen-bond acceptors (Lipinski definition) is 4. The van der Waals surface area contributed by atoms with E-state index >= 15 is 0 Å². The Kier molecular flexibility index (Phi) is 4.54. The summed E-state index contributed by atoms with van der Waals surface area (Å²) < 4.78 is 22.0. The molecule has 4 N–H and O–H groups in total. The minimum Gasteiger partial charge on any atom is -0.395 e. The van der Waals surface area contributed by atoms with Gasteiger partial charge in [-0.3, -0.25) is 0 Å². The van der Waals surface area contributed by atoms with Crippen molar-refractivity contribution in [1.29, 1.82) is 0 Å². The first-order chi connectivity index (χ1) is 5.02. The molecule has 0 saturated carbocycles. The molecule has 68 valence electrons. The highest BCUT2D eigenvalue weighted by Gasteiger charge is 2.14. The summed E-state index contributed by atoms with van der Waals surface area (Å²) in [6.45, 7) is -0.786. The summed E-state index contributed by atoms with van der Waals surface area (Å²) in [5.74, 6) is 0. The molecule has 0 aliphatic carbocycles. The Bertz CT molecular complexity index is 184. The van der Waals surface area contributed by atoms with Gasteiger partial charge in [0.15, 0.2) is 0 Å². The number of nitrogens with two attached hydrogens (primary N) is 1. The summed E-state index contributed by atoms with van der Waals surface area (Å²) >= 11 is 0. The van der Waals surface area contributed by atoms with Crippen molar-refractivity contribution in [2.24, 2.45) is 5.14 Å². The van der Waals surface area contributed by atoms with Crippen LogP contribution in [0.25, 0.3) is 0 Å². The van der Waals surface area contributed by atoms with Gasteiger partial charge in [0.05, 0.1) is 13.2 Å². The summed E-state index contributed by atoms with van der Waals surface area (Å²) in [6, 6.07) is 0. The SMILES string of the molecule is NS(=O)(=O)N(CCO)CCO. The Morgan fingerprint density at radius 2 is 1.55 bits per heavy atom. The van der Waals surface area contributed by atoms with Crippen LogP contribution >= 0.6 is 0 Å². The minimum absolute atomic E-state index is 0.0839. The largest absolute Gasteiger partial charge is 0.395 e. The van der Waals surface area contributed by atoms with Gasteiger partial charge in [0, 0.05) is 13.1 Å². The number of hydrogen-bond donors (Lipinski definition) is 3. The van der Waals surface area contributed by atoms with Crippen molar-refractivity contribution in [2.75, 3.05) is 26.3 Å². The summed E-state index contributed by atoms with van der Waals surface area (Å²) in [5.41, 5.74) is 0. The molecule has 0 radical (unpaired) electrons. The van der Waals surface area contributed by atoms with E-state index in [2.05, 4.69) is 0 Å². The second kappa shape index (κ2) is 4.62. The van der Waals surface area contributed by atoms with Gasteiger partial charge in [-0.15, -0.1) is 0 Å². The second-order valence-corrected chi connectivity index (χ2v) is 3.44. The van der Waals surface area contributed by atoms with Crippen LogP contribution in [-0.2, 0) is 10.2 Å². The predicted molar refractivity (Wildman–Crippen MR) is 38.9 cm³/mol. The molecule has 0 aromatic carbocycles. The molecule has 0 aliphatic heterocycles.